The molecule has 0 saturated carbocycles. The van der Waals surface area contributed by atoms with Crippen molar-refractivity contribution in [1.29, 1.82) is 0 Å². The lowest BCUT2D eigenvalue weighted by Gasteiger charge is -2.19. The van der Waals surface area contributed by atoms with E-state index in [1.54, 1.807) is 4.90 Å². The van der Waals surface area contributed by atoms with Gasteiger partial charge in [0, 0.05) is 24.9 Å². The van der Waals surface area contributed by atoms with Crippen molar-refractivity contribution in [2.45, 2.75) is 18.5 Å². The molecule has 0 bridgehead atoms. The summed E-state index contributed by atoms with van der Waals surface area (Å²) < 4.78 is 0. The monoisotopic (exact) mass is 215 g/mol. The first-order chi connectivity index (χ1) is 6.66. The third-order valence-corrected chi connectivity index (χ3v) is 3.39. The Bertz CT molecular complexity index is 271. The van der Waals surface area contributed by atoms with E-state index in [-0.39, 0.29) is 23.2 Å². The number of thioether (sulfide) groups is 1. The van der Waals surface area contributed by atoms with E-state index in [0.717, 1.165) is 24.7 Å². The van der Waals surface area contributed by atoms with Gasteiger partial charge in [0.2, 0.25) is 5.91 Å². The number of nitrogens with zero attached hydrogens (tertiary/aromatic N) is 1. The van der Waals surface area contributed by atoms with Gasteiger partial charge in [0.15, 0.2) is 0 Å². The molecule has 1 unspecified atom stereocenters. The molecule has 0 aromatic heterocycles. The Morgan fingerprint density at radius 1 is 1.64 bits per heavy atom. The molecule has 5 nitrogen and oxygen atoms in total. The summed E-state index contributed by atoms with van der Waals surface area (Å²) in [5.74, 6) is 0.556. The lowest BCUT2D eigenvalue weighted by atomic mass is 10.3. The van der Waals surface area contributed by atoms with Crippen molar-refractivity contribution in [2.24, 2.45) is 5.73 Å². The molecule has 2 heterocycles. The molecule has 2 rings (SSSR count). The fourth-order valence-electron chi connectivity index (χ4n) is 1.73. The predicted molar refractivity (Wildman–Crippen MR) is 54.0 cm³/mol. The van der Waals surface area contributed by atoms with Gasteiger partial charge < -0.3 is 16.0 Å². The van der Waals surface area contributed by atoms with Crippen LogP contribution in [0.15, 0.2) is 0 Å². The minimum atomic E-state index is -0.335. The number of nitrogens with two attached hydrogens (primary N) is 1. The molecule has 14 heavy (non-hydrogen) atoms. The molecule has 2 fully saturated rings. The first-order valence-corrected chi connectivity index (χ1v) is 5.63. The van der Waals surface area contributed by atoms with Crippen LogP contribution in [-0.4, -0.2) is 47.0 Å². The van der Waals surface area contributed by atoms with Gasteiger partial charge in [-0.3, -0.25) is 9.59 Å². The SMILES string of the molecule is NC1CCN(C(=O)[C@@H]2CSC(=O)N2)C1. The second-order valence-corrected chi connectivity index (χ2v) is 4.62. The van der Waals surface area contributed by atoms with Crippen LogP contribution in [0.5, 0.6) is 0 Å². The number of likely N-dealkylation sites (tertiary alicyclic amines) is 1. The molecule has 0 aromatic carbocycles. The van der Waals surface area contributed by atoms with Gasteiger partial charge in [0.25, 0.3) is 5.24 Å². The van der Waals surface area contributed by atoms with Gasteiger partial charge >= 0.3 is 0 Å². The van der Waals surface area contributed by atoms with Crippen LogP contribution >= 0.6 is 11.8 Å². The van der Waals surface area contributed by atoms with Crippen LogP contribution in [-0.2, 0) is 4.79 Å². The van der Waals surface area contributed by atoms with Gasteiger partial charge in [-0.05, 0) is 6.42 Å². The van der Waals surface area contributed by atoms with Gasteiger partial charge in [0.05, 0.1) is 0 Å². The van der Waals surface area contributed by atoms with Crippen LogP contribution in [0.1, 0.15) is 6.42 Å². The van der Waals surface area contributed by atoms with Crippen molar-refractivity contribution < 1.29 is 9.59 Å². The molecule has 0 aromatic rings. The molecule has 2 amide bonds. The Labute approximate surface area is 86.4 Å². The Morgan fingerprint density at radius 3 is 2.93 bits per heavy atom. The largest absolute Gasteiger partial charge is 0.339 e. The summed E-state index contributed by atoms with van der Waals surface area (Å²) in [5, 5.41) is 2.53. The third-order valence-electron chi connectivity index (χ3n) is 2.51. The van der Waals surface area contributed by atoms with Crippen molar-refractivity contribution in [1.82, 2.24) is 10.2 Å². The second kappa shape index (κ2) is 3.78. The van der Waals surface area contributed by atoms with E-state index >= 15 is 0 Å². The highest BCUT2D eigenvalue weighted by atomic mass is 32.2. The fraction of sp³-hybridized carbons (Fsp3) is 0.750. The summed E-state index contributed by atoms with van der Waals surface area (Å²) in [6.07, 6.45) is 0.861. The third kappa shape index (κ3) is 1.85. The maximum atomic E-state index is 11.8. The van der Waals surface area contributed by atoms with E-state index in [9.17, 15) is 9.59 Å². The Kier molecular flexibility index (Phi) is 2.64. The number of carbonyl (C=O) groups excluding carboxylic acids is 2. The van der Waals surface area contributed by atoms with Crippen molar-refractivity contribution in [2.75, 3.05) is 18.8 Å². The topological polar surface area (TPSA) is 75.4 Å². The normalized spacial score (nSPS) is 32.1. The Morgan fingerprint density at radius 2 is 2.43 bits per heavy atom. The minimum Gasteiger partial charge on any atom is -0.339 e. The van der Waals surface area contributed by atoms with E-state index in [0.29, 0.717) is 12.3 Å². The lowest BCUT2D eigenvalue weighted by Crippen LogP contribution is -2.45. The van der Waals surface area contributed by atoms with Gasteiger partial charge in [0.1, 0.15) is 6.04 Å². The Balaban J connectivity index is 1.92. The Hall–Kier alpha value is -0.750. The number of hydrogen-bond acceptors (Lipinski definition) is 4. The van der Waals surface area contributed by atoms with Gasteiger partial charge in [-0.2, -0.15) is 0 Å². The van der Waals surface area contributed by atoms with E-state index < -0.39 is 0 Å². The number of nitrogens with one attached hydrogen (secondary N) is 1. The summed E-state index contributed by atoms with van der Waals surface area (Å²) >= 11 is 1.16. The van der Waals surface area contributed by atoms with Crippen LogP contribution in [0.2, 0.25) is 0 Å². The molecule has 3 N–H and O–H groups in total. The molecule has 0 radical (unpaired) electrons. The lowest BCUT2D eigenvalue weighted by molar-refractivity contribution is -0.131. The summed E-state index contributed by atoms with van der Waals surface area (Å²) in [5.41, 5.74) is 5.70. The van der Waals surface area contributed by atoms with E-state index in [1.165, 1.54) is 0 Å². The first kappa shape index (κ1) is 9.79. The van der Waals surface area contributed by atoms with Gasteiger partial charge in [-0.15, -0.1) is 0 Å². The highest BCUT2D eigenvalue weighted by Gasteiger charge is 2.33. The smallest absolute Gasteiger partial charge is 0.279 e. The maximum absolute atomic E-state index is 11.8. The van der Waals surface area contributed by atoms with E-state index in [1.807, 2.05) is 0 Å². The summed E-state index contributed by atoms with van der Waals surface area (Å²) in [7, 11) is 0. The maximum Gasteiger partial charge on any atom is 0.279 e. The van der Waals surface area contributed by atoms with Gasteiger partial charge in [-0.25, -0.2) is 0 Å². The highest BCUT2D eigenvalue weighted by molar-refractivity contribution is 8.14. The average molecular weight is 215 g/mol. The number of hydrogen-bond donors (Lipinski definition) is 2. The van der Waals surface area contributed by atoms with E-state index in [4.69, 9.17) is 5.73 Å². The van der Waals surface area contributed by atoms with Crippen molar-refractivity contribution in [3.63, 3.8) is 0 Å². The number of rotatable bonds is 1. The molecule has 2 saturated heterocycles. The molecular formula is C8H13N3O2S. The van der Waals surface area contributed by atoms with Crippen molar-refractivity contribution in [3.8, 4) is 0 Å². The highest BCUT2D eigenvalue weighted by Crippen LogP contribution is 2.17. The minimum absolute atomic E-state index is 0.0105. The van der Waals surface area contributed by atoms with Crippen LogP contribution in [0.4, 0.5) is 4.79 Å². The summed E-state index contributed by atoms with van der Waals surface area (Å²) in [4.78, 5) is 24.4. The summed E-state index contributed by atoms with van der Waals surface area (Å²) in [6.45, 7) is 1.34. The molecular weight excluding hydrogens is 202 g/mol. The predicted octanol–water partition coefficient (Wildman–Crippen LogP) is -0.629. The molecule has 6 heteroatoms. The van der Waals surface area contributed by atoms with Crippen LogP contribution in [0.25, 0.3) is 0 Å². The zero-order valence-electron chi connectivity index (χ0n) is 7.73. The molecule has 2 aliphatic rings. The van der Waals surface area contributed by atoms with Crippen LogP contribution < -0.4 is 11.1 Å². The number of carbonyl (C=O) groups is 2. The number of amides is 2. The summed E-state index contributed by atoms with van der Waals surface area (Å²) in [6, 6.07) is -0.235. The molecule has 0 aliphatic carbocycles. The van der Waals surface area contributed by atoms with Gasteiger partial charge in [-0.1, -0.05) is 11.8 Å². The standard InChI is InChI=1S/C8H13N3O2S/c9-5-1-2-11(3-5)7(12)6-4-14-8(13)10-6/h5-6H,1-4,9H2,(H,10,13)/t5?,6-/m0/s1. The van der Waals surface area contributed by atoms with Crippen LogP contribution in [0.3, 0.4) is 0 Å². The quantitative estimate of drug-likeness (QED) is 0.611. The fourth-order valence-corrected chi connectivity index (χ4v) is 2.50. The second-order valence-electron chi connectivity index (χ2n) is 3.63. The zero-order chi connectivity index (χ0) is 10.1. The van der Waals surface area contributed by atoms with Crippen molar-refractivity contribution in [3.05, 3.63) is 0 Å². The van der Waals surface area contributed by atoms with Crippen molar-refractivity contribution >= 4 is 22.9 Å². The first-order valence-electron chi connectivity index (χ1n) is 4.64. The average Bonchev–Trinajstić information content (AvgIpc) is 2.73. The van der Waals surface area contributed by atoms with E-state index in [2.05, 4.69) is 5.32 Å². The molecule has 2 aliphatic heterocycles. The van der Waals surface area contributed by atoms with Crippen LogP contribution in [0, 0.1) is 0 Å². The molecule has 0 spiro atoms. The zero-order valence-corrected chi connectivity index (χ0v) is 8.55. The molecule has 2 atom stereocenters. The molecule has 78 valence electrons.